The number of rotatable bonds is 5. The van der Waals surface area contributed by atoms with Crippen molar-refractivity contribution in [2.24, 2.45) is 5.92 Å². The Bertz CT molecular complexity index is 675. The van der Waals surface area contributed by atoms with Gasteiger partial charge in [-0.05, 0) is 44.4 Å². The fourth-order valence-electron chi connectivity index (χ4n) is 2.80. The monoisotopic (exact) mass is 341 g/mol. The standard InChI is InChI=1S/C15H23N3O4S/c1-3-22-14(19)9-10-6-7-17-12(8-10)15-11(16)4-5-13(18-15)23(2,20)21/h4-5,10,12,17H,3,6-9,16H2,1-2H3. The average Bonchev–Trinajstić information content (AvgIpc) is 2.47. The molecule has 1 fully saturated rings. The summed E-state index contributed by atoms with van der Waals surface area (Å²) in [6, 6.07) is 2.81. The summed E-state index contributed by atoms with van der Waals surface area (Å²) in [5.74, 6) is -0.0349. The lowest BCUT2D eigenvalue weighted by atomic mass is 9.88. The molecule has 3 N–H and O–H groups in total. The lowest BCUT2D eigenvalue weighted by Crippen LogP contribution is -2.34. The van der Waals surface area contributed by atoms with Crippen molar-refractivity contribution in [2.45, 2.75) is 37.3 Å². The zero-order valence-electron chi connectivity index (χ0n) is 13.4. The van der Waals surface area contributed by atoms with Crippen LogP contribution in [0.2, 0.25) is 0 Å². The maximum Gasteiger partial charge on any atom is 0.306 e. The molecule has 23 heavy (non-hydrogen) atoms. The normalized spacial score (nSPS) is 21.8. The number of hydrogen-bond donors (Lipinski definition) is 2. The Morgan fingerprint density at radius 1 is 1.48 bits per heavy atom. The van der Waals surface area contributed by atoms with Gasteiger partial charge in [-0.3, -0.25) is 4.79 Å². The fourth-order valence-corrected chi connectivity index (χ4v) is 3.38. The number of ether oxygens (including phenoxy) is 1. The van der Waals surface area contributed by atoms with E-state index in [2.05, 4.69) is 10.3 Å². The molecule has 8 heteroatoms. The molecule has 1 aliphatic rings. The quantitative estimate of drug-likeness (QED) is 0.770. The first kappa shape index (κ1) is 17.7. The highest BCUT2D eigenvalue weighted by Crippen LogP contribution is 2.31. The van der Waals surface area contributed by atoms with Gasteiger partial charge in [-0.2, -0.15) is 0 Å². The van der Waals surface area contributed by atoms with Gasteiger partial charge in [0.1, 0.15) is 0 Å². The van der Waals surface area contributed by atoms with Crippen LogP contribution in [0.1, 0.15) is 37.9 Å². The van der Waals surface area contributed by atoms with Crippen LogP contribution in [-0.4, -0.2) is 38.8 Å². The third kappa shape index (κ3) is 4.65. The maximum absolute atomic E-state index is 11.7. The number of anilines is 1. The van der Waals surface area contributed by atoms with E-state index in [9.17, 15) is 13.2 Å². The van der Waals surface area contributed by atoms with E-state index in [-0.39, 0.29) is 23.0 Å². The first-order chi connectivity index (χ1) is 10.8. The van der Waals surface area contributed by atoms with Gasteiger partial charge < -0.3 is 15.8 Å². The molecule has 0 spiro atoms. The molecular formula is C15H23N3O4S. The number of nitrogen functional groups attached to an aromatic ring is 1. The number of nitrogens with zero attached hydrogens (tertiary/aromatic N) is 1. The van der Waals surface area contributed by atoms with Gasteiger partial charge in [0, 0.05) is 12.7 Å². The van der Waals surface area contributed by atoms with E-state index >= 15 is 0 Å². The Kier molecular flexibility index (Phi) is 5.59. The van der Waals surface area contributed by atoms with Crippen molar-refractivity contribution >= 4 is 21.5 Å². The molecule has 0 saturated carbocycles. The molecule has 2 rings (SSSR count). The van der Waals surface area contributed by atoms with Crippen molar-refractivity contribution in [2.75, 3.05) is 25.1 Å². The summed E-state index contributed by atoms with van der Waals surface area (Å²) < 4.78 is 28.3. The first-order valence-corrected chi connectivity index (χ1v) is 9.56. The zero-order valence-corrected chi connectivity index (χ0v) is 14.2. The second kappa shape index (κ2) is 7.27. The second-order valence-electron chi connectivity index (χ2n) is 5.80. The summed E-state index contributed by atoms with van der Waals surface area (Å²) in [4.78, 5) is 15.9. The Morgan fingerprint density at radius 2 is 2.22 bits per heavy atom. The molecule has 1 aromatic heterocycles. The van der Waals surface area contributed by atoms with Crippen LogP contribution < -0.4 is 11.1 Å². The van der Waals surface area contributed by atoms with E-state index in [1.54, 1.807) is 13.0 Å². The number of nitrogens with two attached hydrogens (primary N) is 1. The predicted molar refractivity (Wildman–Crippen MR) is 86.5 cm³/mol. The van der Waals surface area contributed by atoms with Crippen LogP contribution in [0, 0.1) is 5.92 Å². The van der Waals surface area contributed by atoms with E-state index in [1.165, 1.54) is 6.07 Å². The minimum Gasteiger partial charge on any atom is -0.466 e. The smallest absolute Gasteiger partial charge is 0.306 e. The van der Waals surface area contributed by atoms with Crippen LogP contribution in [0.3, 0.4) is 0 Å². The molecule has 7 nitrogen and oxygen atoms in total. The number of piperidine rings is 1. The van der Waals surface area contributed by atoms with Crippen molar-refractivity contribution in [1.82, 2.24) is 10.3 Å². The fraction of sp³-hybridized carbons (Fsp3) is 0.600. The van der Waals surface area contributed by atoms with Crippen LogP contribution in [0.5, 0.6) is 0 Å². The van der Waals surface area contributed by atoms with Crippen LogP contribution in [0.15, 0.2) is 17.2 Å². The van der Waals surface area contributed by atoms with Gasteiger partial charge in [0.15, 0.2) is 14.9 Å². The van der Waals surface area contributed by atoms with Gasteiger partial charge in [0.25, 0.3) is 0 Å². The minimum absolute atomic E-state index is 0.0102. The molecule has 1 aromatic rings. The number of carbonyl (C=O) groups excluding carboxylic acids is 1. The van der Waals surface area contributed by atoms with Crippen LogP contribution in [0.25, 0.3) is 0 Å². The molecule has 0 aliphatic carbocycles. The third-order valence-corrected chi connectivity index (χ3v) is 4.90. The van der Waals surface area contributed by atoms with Gasteiger partial charge in [-0.15, -0.1) is 0 Å². The molecule has 128 valence electrons. The SMILES string of the molecule is CCOC(=O)CC1CCNC(c2nc(S(C)(=O)=O)ccc2N)C1. The number of nitrogens with one attached hydrogen (secondary N) is 1. The molecule has 0 bridgehead atoms. The van der Waals surface area contributed by atoms with Gasteiger partial charge in [0.2, 0.25) is 0 Å². The summed E-state index contributed by atoms with van der Waals surface area (Å²) in [5, 5.41) is 3.31. The van der Waals surface area contributed by atoms with Crippen LogP contribution in [-0.2, 0) is 19.4 Å². The van der Waals surface area contributed by atoms with Gasteiger partial charge in [-0.1, -0.05) is 0 Å². The number of carbonyl (C=O) groups is 1. The number of esters is 1. The molecule has 2 unspecified atom stereocenters. The summed E-state index contributed by atoms with van der Waals surface area (Å²) in [6.07, 6.45) is 3.01. The number of aromatic nitrogens is 1. The van der Waals surface area contributed by atoms with Gasteiger partial charge in [-0.25, -0.2) is 13.4 Å². The van der Waals surface area contributed by atoms with Gasteiger partial charge in [0.05, 0.1) is 24.0 Å². The highest BCUT2D eigenvalue weighted by molar-refractivity contribution is 7.90. The third-order valence-electron chi connectivity index (χ3n) is 3.91. The topological polar surface area (TPSA) is 111 Å². The first-order valence-electron chi connectivity index (χ1n) is 7.66. The molecule has 1 saturated heterocycles. The lowest BCUT2D eigenvalue weighted by Gasteiger charge is -2.30. The number of sulfone groups is 1. The van der Waals surface area contributed by atoms with Crippen molar-refractivity contribution < 1.29 is 17.9 Å². The van der Waals surface area contributed by atoms with E-state index in [1.807, 2.05) is 0 Å². The largest absolute Gasteiger partial charge is 0.466 e. The zero-order chi connectivity index (χ0) is 17.0. The molecule has 2 heterocycles. The van der Waals surface area contributed by atoms with Crippen LogP contribution >= 0.6 is 0 Å². The Labute approximate surface area is 136 Å². The molecule has 0 aromatic carbocycles. The van der Waals surface area contributed by atoms with Crippen molar-refractivity contribution in [3.63, 3.8) is 0 Å². The number of pyridine rings is 1. The summed E-state index contributed by atoms with van der Waals surface area (Å²) in [5.41, 5.74) is 6.95. The van der Waals surface area contributed by atoms with Gasteiger partial charge >= 0.3 is 5.97 Å². The minimum atomic E-state index is -3.39. The van der Waals surface area contributed by atoms with Crippen molar-refractivity contribution in [3.8, 4) is 0 Å². The Balaban J connectivity index is 2.16. The van der Waals surface area contributed by atoms with Crippen molar-refractivity contribution in [1.29, 1.82) is 0 Å². The lowest BCUT2D eigenvalue weighted by molar-refractivity contribution is -0.144. The average molecular weight is 341 g/mol. The predicted octanol–water partition coefficient (Wildman–Crippen LogP) is 1.06. The second-order valence-corrected chi connectivity index (χ2v) is 7.76. The summed E-state index contributed by atoms with van der Waals surface area (Å²) in [7, 11) is -3.39. The highest BCUT2D eigenvalue weighted by Gasteiger charge is 2.28. The van der Waals surface area contributed by atoms with E-state index < -0.39 is 9.84 Å². The van der Waals surface area contributed by atoms with E-state index in [0.29, 0.717) is 30.8 Å². The van der Waals surface area contributed by atoms with Crippen LogP contribution in [0.4, 0.5) is 5.69 Å². The summed E-state index contributed by atoms with van der Waals surface area (Å²) >= 11 is 0. The Hall–Kier alpha value is -1.67. The summed E-state index contributed by atoms with van der Waals surface area (Å²) in [6.45, 7) is 2.88. The number of hydrogen-bond acceptors (Lipinski definition) is 7. The Morgan fingerprint density at radius 3 is 2.87 bits per heavy atom. The molecule has 0 amide bonds. The van der Waals surface area contributed by atoms with Crippen molar-refractivity contribution in [3.05, 3.63) is 17.8 Å². The highest BCUT2D eigenvalue weighted by atomic mass is 32.2. The molecule has 0 radical (unpaired) electrons. The van der Waals surface area contributed by atoms with E-state index in [0.717, 1.165) is 19.2 Å². The maximum atomic E-state index is 11.7. The molecule has 1 aliphatic heterocycles. The molecular weight excluding hydrogens is 318 g/mol. The molecule has 2 atom stereocenters. The van der Waals surface area contributed by atoms with E-state index in [4.69, 9.17) is 10.5 Å².